The maximum atomic E-state index is 11.6. The molecule has 16 heavy (non-hydrogen) atoms. The fourth-order valence-electron chi connectivity index (χ4n) is 1.30. The number of aromatic nitrogens is 2. The minimum Gasteiger partial charge on any atom is -0.374 e. The summed E-state index contributed by atoms with van der Waals surface area (Å²) in [4.78, 5) is 15.6. The molecule has 1 aromatic heterocycles. The zero-order valence-corrected chi connectivity index (χ0v) is 10.8. The molecule has 1 rings (SSSR count). The molecule has 4 nitrogen and oxygen atoms in total. The van der Waals surface area contributed by atoms with Crippen LogP contribution in [0.2, 0.25) is 5.15 Å². The molecule has 0 N–H and O–H groups in total. The zero-order valence-electron chi connectivity index (χ0n) is 10.1. The van der Waals surface area contributed by atoms with Gasteiger partial charge in [0.15, 0.2) is 0 Å². The van der Waals surface area contributed by atoms with Crippen LogP contribution in [0.5, 0.6) is 0 Å². The predicted molar refractivity (Wildman–Crippen MR) is 63.9 cm³/mol. The second-order valence-corrected chi connectivity index (χ2v) is 4.96. The minimum absolute atomic E-state index is 0.144. The Kier molecular flexibility index (Phi) is 4.10. The van der Waals surface area contributed by atoms with Gasteiger partial charge in [0.25, 0.3) is 5.56 Å². The highest BCUT2D eigenvalue weighted by atomic mass is 35.5. The van der Waals surface area contributed by atoms with E-state index in [0.29, 0.717) is 19.0 Å². The van der Waals surface area contributed by atoms with Crippen molar-refractivity contribution in [2.75, 3.05) is 6.61 Å². The highest BCUT2D eigenvalue weighted by Gasteiger charge is 2.10. The number of hydrogen-bond donors (Lipinski definition) is 0. The lowest BCUT2D eigenvalue weighted by molar-refractivity contribution is -0.00742. The Labute approximate surface area is 100 Å². The molecule has 0 saturated heterocycles. The van der Waals surface area contributed by atoms with E-state index in [9.17, 15) is 4.79 Å². The summed E-state index contributed by atoms with van der Waals surface area (Å²) in [5.74, 6) is 0.606. The molecular weight excluding hydrogens is 228 g/mol. The van der Waals surface area contributed by atoms with E-state index in [0.717, 1.165) is 0 Å². The Hall–Kier alpha value is -0.870. The molecule has 0 amide bonds. The van der Waals surface area contributed by atoms with E-state index in [-0.39, 0.29) is 16.3 Å². The third-order valence-electron chi connectivity index (χ3n) is 2.02. The molecule has 0 aliphatic heterocycles. The number of aryl methyl sites for hydroxylation is 1. The first kappa shape index (κ1) is 13.2. The van der Waals surface area contributed by atoms with Crippen LogP contribution < -0.4 is 5.56 Å². The SMILES string of the molecule is Cc1nc(Cl)cc(=O)n1CCOC(C)(C)C. The highest BCUT2D eigenvalue weighted by molar-refractivity contribution is 6.29. The van der Waals surface area contributed by atoms with Gasteiger partial charge < -0.3 is 4.74 Å². The van der Waals surface area contributed by atoms with Crippen LogP contribution in [0, 0.1) is 6.92 Å². The lowest BCUT2D eigenvalue weighted by Crippen LogP contribution is -2.28. The highest BCUT2D eigenvalue weighted by Crippen LogP contribution is 2.07. The summed E-state index contributed by atoms with van der Waals surface area (Å²) in [6.07, 6.45) is 0. The molecule has 0 bridgehead atoms. The Bertz CT molecular complexity index is 421. The molecule has 0 saturated carbocycles. The van der Waals surface area contributed by atoms with Gasteiger partial charge in [-0.3, -0.25) is 9.36 Å². The molecule has 90 valence electrons. The molecule has 0 aliphatic rings. The normalized spacial score (nSPS) is 11.8. The Morgan fingerprint density at radius 2 is 2.12 bits per heavy atom. The maximum absolute atomic E-state index is 11.6. The molecule has 1 heterocycles. The molecule has 0 aliphatic carbocycles. The second kappa shape index (κ2) is 4.97. The van der Waals surface area contributed by atoms with Gasteiger partial charge in [-0.05, 0) is 27.7 Å². The molecule has 0 aromatic carbocycles. The summed E-state index contributed by atoms with van der Waals surface area (Å²) in [5, 5.41) is 0.232. The number of nitrogens with zero attached hydrogens (tertiary/aromatic N) is 2. The molecule has 5 heteroatoms. The first-order chi connectivity index (χ1) is 7.29. The number of rotatable bonds is 3. The number of ether oxygens (including phenoxy) is 1. The Morgan fingerprint density at radius 1 is 1.50 bits per heavy atom. The van der Waals surface area contributed by atoms with E-state index < -0.39 is 0 Å². The van der Waals surface area contributed by atoms with Gasteiger partial charge in [-0.2, -0.15) is 0 Å². The quantitative estimate of drug-likeness (QED) is 0.765. The van der Waals surface area contributed by atoms with Gasteiger partial charge in [0.1, 0.15) is 11.0 Å². The van der Waals surface area contributed by atoms with Crippen LogP contribution in [-0.2, 0) is 11.3 Å². The molecule has 0 unspecified atom stereocenters. The average molecular weight is 245 g/mol. The lowest BCUT2D eigenvalue weighted by Gasteiger charge is -2.20. The summed E-state index contributed by atoms with van der Waals surface area (Å²) in [5.41, 5.74) is -0.341. The van der Waals surface area contributed by atoms with Gasteiger partial charge in [-0.15, -0.1) is 0 Å². The summed E-state index contributed by atoms with van der Waals surface area (Å²) in [6, 6.07) is 1.31. The van der Waals surface area contributed by atoms with Crippen molar-refractivity contribution in [1.29, 1.82) is 0 Å². The fourth-order valence-corrected chi connectivity index (χ4v) is 1.52. The first-order valence-electron chi connectivity index (χ1n) is 5.17. The third kappa shape index (κ3) is 3.94. The van der Waals surface area contributed by atoms with Gasteiger partial charge in [0.2, 0.25) is 0 Å². The third-order valence-corrected chi connectivity index (χ3v) is 2.21. The summed E-state index contributed by atoms with van der Waals surface area (Å²) in [6.45, 7) is 8.65. The average Bonchev–Trinajstić information content (AvgIpc) is 2.07. The standard InChI is InChI=1S/C11H17ClN2O2/c1-8-13-9(12)7-10(15)14(8)5-6-16-11(2,3)4/h7H,5-6H2,1-4H3. The smallest absolute Gasteiger partial charge is 0.255 e. The predicted octanol–water partition coefficient (Wildman–Crippen LogP) is 2.02. The Morgan fingerprint density at radius 3 is 2.62 bits per heavy atom. The molecule has 0 radical (unpaired) electrons. The van der Waals surface area contributed by atoms with Gasteiger partial charge in [0.05, 0.1) is 18.8 Å². The van der Waals surface area contributed by atoms with Gasteiger partial charge in [-0.1, -0.05) is 11.6 Å². The molecule has 1 aromatic rings. The Balaban J connectivity index is 2.72. The van der Waals surface area contributed by atoms with Crippen molar-refractivity contribution in [3.8, 4) is 0 Å². The van der Waals surface area contributed by atoms with E-state index in [4.69, 9.17) is 16.3 Å². The van der Waals surface area contributed by atoms with Crippen LogP contribution in [-0.4, -0.2) is 21.8 Å². The van der Waals surface area contributed by atoms with Gasteiger partial charge in [0, 0.05) is 6.07 Å². The summed E-state index contributed by atoms with van der Waals surface area (Å²) < 4.78 is 7.11. The molecule has 0 atom stereocenters. The lowest BCUT2D eigenvalue weighted by atomic mass is 10.2. The van der Waals surface area contributed by atoms with E-state index >= 15 is 0 Å². The number of halogens is 1. The first-order valence-corrected chi connectivity index (χ1v) is 5.55. The summed E-state index contributed by atoms with van der Waals surface area (Å²) >= 11 is 5.67. The van der Waals surface area contributed by atoms with Crippen molar-refractivity contribution in [1.82, 2.24) is 9.55 Å². The molecule has 0 spiro atoms. The molecular formula is C11H17ClN2O2. The van der Waals surface area contributed by atoms with Crippen molar-refractivity contribution in [2.24, 2.45) is 0 Å². The topological polar surface area (TPSA) is 44.1 Å². The fraction of sp³-hybridized carbons (Fsp3) is 0.636. The van der Waals surface area contributed by atoms with Gasteiger partial charge >= 0.3 is 0 Å². The van der Waals surface area contributed by atoms with Crippen LogP contribution in [0.4, 0.5) is 0 Å². The van der Waals surface area contributed by atoms with Crippen molar-refractivity contribution in [2.45, 2.75) is 39.8 Å². The van der Waals surface area contributed by atoms with Gasteiger partial charge in [-0.25, -0.2) is 4.98 Å². The largest absolute Gasteiger partial charge is 0.374 e. The van der Waals surface area contributed by atoms with E-state index in [1.165, 1.54) is 6.07 Å². The minimum atomic E-state index is -0.197. The van der Waals surface area contributed by atoms with Crippen LogP contribution in [0.15, 0.2) is 10.9 Å². The molecule has 0 fully saturated rings. The maximum Gasteiger partial charge on any atom is 0.255 e. The second-order valence-electron chi connectivity index (χ2n) is 4.58. The van der Waals surface area contributed by atoms with E-state index in [2.05, 4.69) is 4.98 Å². The van der Waals surface area contributed by atoms with Crippen molar-refractivity contribution in [3.05, 3.63) is 27.4 Å². The van der Waals surface area contributed by atoms with Crippen molar-refractivity contribution < 1.29 is 4.74 Å². The number of hydrogen-bond acceptors (Lipinski definition) is 3. The van der Waals surface area contributed by atoms with Crippen LogP contribution >= 0.6 is 11.6 Å². The monoisotopic (exact) mass is 244 g/mol. The summed E-state index contributed by atoms with van der Waals surface area (Å²) in [7, 11) is 0. The van der Waals surface area contributed by atoms with E-state index in [1.54, 1.807) is 11.5 Å². The van der Waals surface area contributed by atoms with Crippen LogP contribution in [0.1, 0.15) is 26.6 Å². The van der Waals surface area contributed by atoms with Crippen LogP contribution in [0.25, 0.3) is 0 Å². The van der Waals surface area contributed by atoms with Crippen molar-refractivity contribution >= 4 is 11.6 Å². The van der Waals surface area contributed by atoms with Crippen molar-refractivity contribution in [3.63, 3.8) is 0 Å². The van der Waals surface area contributed by atoms with E-state index in [1.807, 2.05) is 20.8 Å². The van der Waals surface area contributed by atoms with Crippen LogP contribution in [0.3, 0.4) is 0 Å². The zero-order chi connectivity index (χ0) is 12.3.